The van der Waals surface area contributed by atoms with Gasteiger partial charge >= 0.3 is 0 Å². The first-order valence-electron chi connectivity index (χ1n) is 11.8. The highest BCUT2D eigenvalue weighted by Crippen LogP contribution is 2.36. The van der Waals surface area contributed by atoms with E-state index in [1.165, 1.54) is 16.3 Å². The molecule has 4 rings (SSSR count). The van der Waals surface area contributed by atoms with Gasteiger partial charge in [-0.15, -0.1) is 0 Å². The van der Waals surface area contributed by atoms with Crippen LogP contribution in [0.5, 0.6) is 5.75 Å². The number of halogens is 1. The van der Waals surface area contributed by atoms with E-state index in [0.717, 1.165) is 16.9 Å². The Morgan fingerprint density at radius 2 is 1.89 bits per heavy atom. The number of hydrogen-bond donors (Lipinski definition) is 1. The molecule has 3 aromatic rings. The number of hydrogen-bond acceptors (Lipinski definition) is 7. The van der Waals surface area contributed by atoms with E-state index in [9.17, 15) is 14.9 Å². The van der Waals surface area contributed by atoms with Gasteiger partial charge in [-0.1, -0.05) is 65.9 Å². The van der Waals surface area contributed by atoms with Crippen molar-refractivity contribution in [2.75, 3.05) is 12.4 Å². The number of thiocarbonyl (C=S) groups is 1. The average molecular weight is 565 g/mol. The lowest BCUT2D eigenvalue weighted by Crippen LogP contribution is -2.28. The molecule has 0 radical (unpaired) electrons. The number of thioether (sulfide) groups is 1. The average Bonchev–Trinajstić information content (AvgIpc) is 3.18. The monoisotopic (exact) mass is 564 g/mol. The number of rotatable bonds is 8. The van der Waals surface area contributed by atoms with E-state index in [1.54, 1.807) is 31.1 Å². The third-order valence-corrected chi connectivity index (χ3v) is 7.99. The summed E-state index contributed by atoms with van der Waals surface area (Å²) in [7, 11) is 1.60. The van der Waals surface area contributed by atoms with Crippen molar-refractivity contribution in [1.82, 2.24) is 9.47 Å². The fraction of sp³-hybridized carbons (Fsp3) is 0.214. The van der Waals surface area contributed by atoms with E-state index in [1.807, 2.05) is 55.5 Å². The maximum absolute atomic E-state index is 13.4. The van der Waals surface area contributed by atoms with Crippen molar-refractivity contribution in [3.05, 3.63) is 96.6 Å². The van der Waals surface area contributed by atoms with E-state index < -0.39 is 5.56 Å². The molecule has 2 heterocycles. The summed E-state index contributed by atoms with van der Waals surface area (Å²) < 4.78 is 7.15. The van der Waals surface area contributed by atoms with Crippen LogP contribution in [0.3, 0.4) is 0 Å². The molecule has 38 heavy (non-hydrogen) atoms. The zero-order valence-corrected chi connectivity index (χ0v) is 23.5. The Morgan fingerprint density at radius 1 is 1.18 bits per heavy atom. The first-order chi connectivity index (χ1) is 18.3. The Balaban J connectivity index is 1.74. The number of carbonyl (C=O) groups is 1. The van der Waals surface area contributed by atoms with Crippen LogP contribution in [0.15, 0.2) is 58.2 Å². The van der Waals surface area contributed by atoms with Crippen LogP contribution < -0.4 is 15.6 Å². The number of aromatic nitrogens is 1. The number of benzene rings is 2. The minimum atomic E-state index is -0.390. The normalized spacial score (nSPS) is 14.2. The molecule has 1 aliphatic rings. The first kappa shape index (κ1) is 27.5. The smallest absolute Gasteiger partial charge is 0.270 e. The number of ether oxygens (including phenoxy) is 1. The highest BCUT2D eigenvalue weighted by molar-refractivity contribution is 8.26. The number of pyridine rings is 1. The molecule has 0 spiro atoms. The van der Waals surface area contributed by atoms with E-state index in [0.29, 0.717) is 50.8 Å². The lowest BCUT2D eigenvalue weighted by Gasteiger charge is -2.20. The molecule has 7 nitrogen and oxygen atoms in total. The van der Waals surface area contributed by atoms with Gasteiger partial charge in [0, 0.05) is 23.7 Å². The van der Waals surface area contributed by atoms with E-state index in [4.69, 9.17) is 28.6 Å². The van der Waals surface area contributed by atoms with Gasteiger partial charge < -0.3 is 10.1 Å². The maximum Gasteiger partial charge on any atom is 0.270 e. The fourth-order valence-corrected chi connectivity index (χ4v) is 5.60. The van der Waals surface area contributed by atoms with Crippen LogP contribution in [0.4, 0.5) is 5.82 Å². The molecule has 1 saturated heterocycles. The SMILES string of the molecule is CCn1c(NCc2ccccc2Cl)c(/C=C2/SC(=S)N(Cc3ccc(OC)cc3)C2=O)c(C)c(C#N)c1=O. The molecular weight excluding hydrogens is 540 g/mol. The maximum atomic E-state index is 13.4. The molecule has 0 saturated carbocycles. The van der Waals surface area contributed by atoms with Gasteiger partial charge in [-0.3, -0.25) is 19.1 Å². The number of carbonyl (C=O) groups excluding carboxylic acids is 1. The van der Waals surface area contributed by atoms with Crippen molar-refractivity contribution in [1.29, 1.82) is 5.26 Å². The molecule has 1 aromatic heterocycles. The molecule has 0 atom stereocenters. The Morgan fingerprint density at radius 3 is 2.53 bits per heavy atom. The highest BCUT2D eigenvalue weighted by Gasteiger charge is 2.33. The molecule has 1 aliphatic heterocycles. The second-order valence-electron chi connectivity index (χ2n) is 8.48. The Kier molecular flexibility index (Phi) is 8.57. The second-order valence-corrected chi connectivity index (χ2v) is 10.6. The van der Waals surface area contributed by atoms with E-state index >= 15 is 0 Å². The molecule has 2 aromatic carbocycles. The van der Waals surface area contributed by atoms with Crippen LogP contribution in [0.2, 0.25) is 5.02 Å². The predicted octanol–water partition coefficient (Wildman–Crippen LogP) is 5.72. The number of anilines is 1. The van der Waals surface area contributed by atoms with Crippen LogP contribution in [0.25, 0.3) is 6.08 Å². The minimum Gasteiger partial charge on any atom is -0.497 e. The molecule has 0 bridgehead atoms. The number of nitrogens with one attached hydrogen (secondary N) is 1. The Labute approximate surface area is 235 Å². The lowest BCUT2D eigenvalue weighted by atomic mass is 10.0. The van der Waals surface area contributed by atoms with Gasteiger partial charge in [0.2, 0.25) is 0 Å². The number of nitrogens with zero attached hydrogens (tertiary/aromatic N) is 3. The summed E-state index contributed by atoms with van der Waals surface area (Å²) in [4.78, 5) is 28.5. The van der Waals surface area contributed by atoms with Gasteiger partial charge in [0.1, 0.15) is 27.5 Å². The summed E-state index contributed by atoms with van der Waals surface area (Å²) >= 11 is 13.1. The van der Waals surface area contributed by atoms with Gasteiger partial charge in [0.15, 0.2) is 0 Å². The predicted molar refractivity (Wildman–Crippen MR) is 156 cm³/mol. The molecular formula is C28H25ClN4O3S2. The van der Waals surface area contributed by atoms with Crippen LogP contribution in [0, 0.1) is 18.3 Å². The Bertz CT molecular complexity index is 1540. The quantitative estimate of drug-likeness (QED) is 0.276. The summed E-state index contributed by atoms with van der Waals surface area (Å²) in [6.45, 7) is 4.55. The molecule has 1 amide bonds. The van der Waals surface area contributed by atoms with Crippen LogP contribution in [-0.4, -0.2) is 26.8 Å². The minimum absolute atomic E-state index is 0.0371. The third kappa shape index (κ3) is 5.48. The first-order valence-corrected chi connectivity index (χ1v) is 13.4. The van der Waals surface area contributed by atoms with Crippen LogP contribution in [-0.2, 0) is 24.4 Å². The van der Waals surface area contributed by atoms with Gasteiger partial charge in [-0.2, -0.15) is 5.26 Å². The van der Waals surface area contributed by atoms with Crippen molar-refractivity contribution in [2.45, 2.75) is 33.5 Å². The number of nitriles is 1. The van der Waals surface area contributed by atoms with Crippen LogP contribution >= 0.6 is 35.6 Å². The van der Waals surface area contributed by atoms with Gasteiger partial charge in [0.05, 0.1) is 18.6 Å². The molecule has 0 aliphatic carbocycles. The zero-order chi connectivity index (χ0) is 27.4. The van der Waals surface area contributed by atoms with Crippen molar-refractivity contribution in [3.8, 4) is 11.8 Å². The number of amides is 1. The topological polar surface area (TPSA) is 87.4 Å². The van der Waals surface area contributed by atoms with Crippen molar-refractivity contribution >= 4 is 57.7 Å². The molecule has 194 valence electrons. The molecule has 1 N–H and O–H groups in total. The molecule has 10 heteroatoms. The number of methoxy groups -OCH3 is 1. The zero-order valence-electron chi connectivity index (χ0n) is 21.1. The highest BCUT2D eigenvalue weighted by atomic mass is 35.5. The Hall–Kier alpha value is -3.58. The van der Waals surface area contributed by atoms with Crippen molar-refractivity contribution in [3.63, 3.8) is 0 Å². The molecule has 0 unspecified atom stereocenters. The van der Waals surface area contributed by atoms with Crippen molar-refractivity contribution in [2.24, 2.45) is 0 Å². The summed E-state index contributed by atoms with van der Waals surface area (Å²) in [6, 6.07) is 16.9. The largest absolute Gasteiger partial charge is 0.497 e. The van der Waals surface area contributed by atoms with E-state index in [-0.39, 0.29) is 11.5 Å². The summed E-state index contributed by atoms with van der Waals surface area (Å²) in [6.07, 6.45) is 1.71. The second kappa shape index (κ2) is 11.9. The van der Waals surface area contributed by atoms with Gasteiger partial charge in [-0.25, -0.2) is 0 Å². The lowest BCUT2D eigenvalue weighted by molar-refractivity contribution is -0.122. The van der Waals surface area contributed by atoms with Gasteiger partial charge in [-0.05, 0) is 54.8 Å². The summed E-state index contributed by atoms with van der Waals surface area (Å²) in [5.74, 6) is 1.00. The van der Waals surface area contributed by atoms with Crippen LogP contribution in [0.1, 0.15) is 34.7 Å². The van der Waals surface area contributed by atoms with Crippen molar-refractivity contribution < 1.29 is 9.53 Å². The standard InChI is InChI=1S/C28H25ClN4O3S2/c1-4-32-25(31-15-19-7-5-6-8-23(19)29)21(17(2)22(14-30)26(32)34)13-24-27(35)33(28(37)38-24)16-18-9-11-20(36-3)12-10-18/h5-13,31H,4,15-16H2,1-3H3/b24-13+. The van der Waals surface area contributed by atoms with E-state index in [2.05, 4.69) is 5.32 Å². The molecule has 1 fully saturated rings. The fourth-order valence-electron chi connectivity index (χ4n) is 4.16. The summed E-state index contributed by atoms with van der Waals surface area (Å²) in [5, 5.41) is 13.7. The van der Waals surface area contributed by atoms with Gasteiger partial charge in [0.25, 0.3) is 11.5 Å². The third-order valence-electron chi connectivity index (χ3n) is 6.24. The summed E-state index contributed by atoms with van der Waals surface area (Å²) in [5.41, 5.74) is 2.48.